The molecule has 0 amide bonds. The summed E-state index contributed by atoms with van der Waals surface area (Å²) >= 11 is 0. The molecule has 1 aromatic carbocycles. The smallest absolute Gasteiger partial charge is 0.335 e. The van der Waals surface area contributed by atoms with E-state index < -0.39 is 5.97 Å². The Balaban J connectivity index is 1.71. The van der Waals surface area contributed by atoms with E-state index in [1.54, 1.807) is 18.3 Å². The summed E-state index contributed by atoms with van der Waals surface area (Å²) in [5, 5.41) is 9.32. The minimum atomic E-state index is -0.918. The Morgan fingerprint density at radius 1 is 1.00 bits per heavy atom. The second kappa shape index (κ2) is 9.10. The lowest BCUT2D eigenvalue weighted by Gasteiger charge is -2.23. The van der Waals surface area contributed by atoms with Crippen molar-refractivity contribution < 1.29 is 9.90 Å². The number of rotatable bonds is 6. The van der Waals surface area contributed by atoms with Crippen molar-refractivity contribution in [3.05, 3.63) is 88.8 Å². The minimum absolute atomic E-state index is 0.278. The largest absolute Gasteiger partial charge is 0.478 e. The lowest BCUT2D eigenvalue weighted by molar-refractivity contribution is 0.0697. The summed E-state index contributed by atoms with van der Waals surface area (Å²) in [6, 6.07) is 11.2. The molecular formula is C29H30N4O2. The first-order valence-electron chi connectivity index (χ1n) is 12.2. The van der Waals surface area contributed by atoms with Crippen LogP contribution in [0.2, 0.25) is 0 Å². The first-order valence-corrected chi connectivity index (χ1v) is 12.2. The average molecular weight is 467 g/mol. The molecule has 0 saturated heterocycles. The zero-order valence-electron chi connectivity index (χ0n) is 20.6. The Morgan fingerprint density at radius 2 is 1.71 bits per heavy atom. The second-order valence-corrected chi connectivity index (χ2v) is 9.84. The number of fused-ring (bicyclic) bond motifs is 3. The van der Waals surface area contributed by atoms with Gasteiger partial charge in [-0.05, 0) is 59.6 Å². The van der Waals surface area contributed by atoms with Gasteiger partial charge in [-0.3, -0.25) is 9.97 Å². The number of hydrogen-bond donors (Lipinski definition) is 1. The standard InChI is InChI=1S/C29H30N4O2/c1-17(2)25-26(18(3)4)32-27-24(31-25)12-11-22-23(20-7-9-21(10-8-20)29(34)35)16-33(28(22)27)15-19-6-5-13-30-14-19/h5-10,13-14,16-18H,11-12,15H2,1-4H3,(H,34,35). The van der Waals surface area contributed by atoms with Crippen LogP contribution in [0.1, 0.15) is 78.1 Å². The highest BCUT2D eigenvalue weighted by atomic mass is 16.4. The van der Waals surface area contributed by atoms with Crippen LogP contribution in [0.25, 0.3) is 22.5 Å². The zero-order chi connectivity index (χ0) is 24.7. The zero-order valence-corrected chi connectivity index (χ0v) is 20.6. The van der Waals surface area contributed by atoms with E-state index in [0.29, 0.717) is 12.5 Å². The fraction of sp³-hybridized carbons (Fsp3) is 0.310. The molecule has 0 radical (unpaired) electrons. The van der Waals surface area contributed by atoms with Gasteiger partial charge in [0.15, 0.2) is 0 Å². The number of pyridine rings is 1. The van der Waals surface area contributed by atoms with Gasteiger partial charge in [0.2, 0.25) is 0 Å². The fourth-order valence-electron chi connectivity index (χ4n) is 4.94. The number of hydrogen-bond acceptors (Lipinski definition) is 4. The summed E-state index contributed by atoms with van der Waals surface area (Å²) in [5.41, 5.74) is 10.1. The van der Waals surface area contributed by atoms with E-state index in [1.165, 1.54) is 5.56 Å². The molecule has 0 atom stereocenters. The first-order chi connectivity index (χ1) is 16.8. The molecule has 6 heteroatoms. The van der Waals surface area contributed by atoms with Gasteiger partial charge in [0.1, 0.15) is 5.69 Å². The highest BCUT2D eigenvalue weighted by Crippen LogP contribution is 2.41. The normalized spacial score (nSPS) is 12.6. The molecule has 0 saturated carbocycles. The SMILES string of the molecule is CC(C)c1nc2c(nc1C(C)C)-c1c(c(-c3ccc(C(=O)O)cc3)cn1Cc1cccnc1)CC2. The Labute approximate surface area is 205 Å². The summed E-state index contributed by atoms with van der Waals surface area (Å²) in [5.74, 6) is -0.323. The van der Waals surface area contributed by atoms with Gasteiger partial charge in [-0.1, -0.05) is 45.9 Å². The third-order valence-electron chi connectivity index (χ3n) is 6.65. The molecule has 35 heavy (non-hydrogen) atoms. The van der Waals surface area contributed by atoms with Crippen LogP contribution in [-0.4, -0.2) is 30.6 Å². The number of aromatic carboxylic acids is 1. The molecule has 3 heterocycles. The van der Waals surface area contributed by atoms with Crippen LogP contribution in [0.5, 0.6) is 0 Å². The van der Waals surface area contributed by atoms with Gasteiger partial charge >= 0.3 is 5.97 Å². The lowest BCUT2D eigenvalue weighted by Crippen LogP contribution is -2.16. The van der Waals surface area contributed by atoms with Crippen molar-refractivity contribution in [1.82, 2.24) is 19.5 Å². The molecule has 0 aliphatic heterocycles. The number of nitrogens with zero attached hydrogens (tertiary/aromatic N) is 4. The lowest BCUT2D eigenvalue weighted by atomic mass is 9.90. The van der Waals surface area contributed by atoms with E-state index in [4.69, 9.17) is 9.97 Å². The molecular weight excluding hydrogens is 436 g/mol. The van der Waals surface area contributed by atoms with Crippen LogP contribution in [0.4, 0.5) is 0 Å². The van der Waals surface area contributed by atoms with Crippen LogP contribution in [0, 0.1) is 0 Å². The maximum atomic E-state index is 11.4. The number of carbonyl (C=O) groups is 1. The summed E-state index contributed by atoms with van der Waals surface area (Å²) in [6.45, 7) is 9.39. The van der Waals surface area contributed by atoms with E-state index in [9.17, 15) is 9.90 Å². The highest BCUT2D eigenvalue weighted by Gasteiger charge is 2.29. The summed E-state index contributed by atoms with van der Waals surface area (Å²) < 4.78 is 2.26. The molecule has 6 nitrogen and oxygen atoms in total. The number of aryl methyl sites for hydroxylation is 1. The second-order valence-electron chi connectivity index (χ2n) is 9.84. The minimum Gasteiger partial charge on any atom is -0.478 e. The maximum Gasteiger partial charge on any atom is 0.335 e. The van der Waals surface area contributed by atoms with Gasteiger partial charge in [-0.25, -0.2) is 9.78 Å². The van der Waals surface area contributed by atoms with Crippen molar-refractivity contribution in [3.63, 3.8) is 0 Å². The quantitative estimate of drug-likeness (QED) is 0.371. The van der Waals surface area contributed by atoms with E-state index in [-0.39, 0.29) is 11.5 Å². The number of benzene rings is 1. The van der Waals surface area contributed by atoms with Crippen LogP contribution in [-0.2, 0) is 19.4 Å². The molecule has 0 spiro atoms. The molecule has 5 rings (SSSR count). The molecule has 3 aromatic heterocycles. The molecule has 0 bridgehead atoms. The Bertz CT molecular complexity index is 1390. The van der Waals surface area contributed by atoms with Crippen molar-refractivity contribution >= 4 is 5.97 Å². The third-order valence-corrected chi connectivity index (χ3v) is 6.65. The Kier molecular flexibility index (Phi) is 5.97. The maximum absolute atomic E-state index is 11.4. The van der Waals surface area contributed by atoms with Crippen LogP contribution >= 0.6 is 0 Å². The van der Waals surface area contributed by atoms with Crippen molar-refractivity contribution in [1.29, 1.82) is 0 Å². The van der Waals surface area contributed by atoms with Crippen molar-refractivity contribution in [2.45, 2.75) is 58.9 Å². The third kappa shape index (κ3) is 4.25. The number of carboxylic acids is 1. The average Bonchev–Trinajstić information content (AvgIpc) is 3.22. The van der Waals surface area contributed by atoms with E-state index in [2.05, 4.69) is 49.5 Å². The van der Waals surface area contributed by atoms with Gasteiger partial charge < -0.3 is 9.67 Å². The van der Waals surface area contributed by atoms with Crippen molar-refractivity contribution in [2.24, 2.45) is 0 Å². The predicted molar refractivity (Wildman–Crippen MR) is 137 cm³/mol. The van der Waals surface area contributed by atoms with Gasteiger partial charge in [0.25, 0.3) is 0 Å². The van der Waals surface area contributed by atoms with Crippen molar-refractivity contribution in [2.75, 3.05) is 0 Å². The topological polar surface area (TPSA) is 80.9 Å². The number of carboxylic acid groups (broad SMARTS) is 1. The van der Waals surface area contributed by atoms with Crippen LogP contribution in [0.3, 0.4) is 0 Å². The number of aromatic nitrogens is 4. The summed E-state index contributed by atoms with van der Waals surface area (Å²) in [6.07, 6.45) is 7.56. The molecule has 0 unspecified atom stereocenters. The molecule has 1 aliphatic carbocycles. The first kappa shape index (κ1) is 23.0. The molecule has 178 valence electrons. The fourth-order valence-corrected chi connectivity index (χ4v) is 4.94. The molecule has 1 N–H and O–H groups in total. The van der Waals surface area contributed by atoms with Crippen molar-refractivity contribution in [3.8, 4) is 22.5 Å². The molecule has 1 aliphatic rings. The van der Waals surface area contributed by atoms with Gasteiger partial charge in [0.05, 0.1) is 28.3 Å². The van der Waals surface area contributed by atoms with Crippen LogP contribution in [0.15, 0.2) is 55.0 Å². The van der Waals surface area contributed by atoms with Gasteiger partial charge in [0, 0.05) is 30.7 Å². The van der Waals surface area contributed by atoms with Gasteiger partial charge in [-0.2, -0.15) is 0 Å². The van der Waals surface area contributed by atoms with E-state index >= 15 is 0 Å². The monoisotopic (exact) mass is 466 g/mol. The highest BCUT2D eigenvalue weighted by molar-refractivity contribution is 5.89. The Morgan fingerprint density at radius 3 is 2.34 bits per heavy atom. The summed E-state index contributed by atoms with van der Waals surface area (Å²) in [4.78, 5) is 26.0. The Hall–Kier alpha value is -3.80. The summed E-state index contributed by atoms with van der Waals surface area (Å²) in [7, 11) is 0. The molecule has 4 aromatic rings. The molecule has 0 fully saturated rings. The van der Waals surface area contributed by atoms with Gasteiger partial charge in [-0.15, -0.1) is 0 Å². The predicted octanol–water partition coefficient (Wildman–Crippen LogP) is 6.10. The van der Waals surface area contributed by atoms with E-state index in [0.717, 1.165) is 58.0 Å². The van der Waals surface area contributed by atoms with E-state index in [1.807, 2.05) is 24.4 Å². The van der Waals surface area contributed by atoms with Crippen LogP contribution < -0.4 is 0 Å².